The smallest absolute Gasteiger partial charge is 0.262 e. The molecule has 214 valence electrons. The number of carbonyl (C=O) groups is 3. The molecular weight excluding hydrogens is 558 g/mol. The summed E-state index contributed by atoms with van der Waals surface area (Å²) >= 11 is 6.39. The minimum absolute atomic E-state index is 0.200. The summed E-state index contributed by atoms with van der Waals surface area (Å²) in [7, 11) is 0. The third-order valence-corrected chi connectivity index (χ3v) is 9.09. The van der Waals surface area contributed by atoms with Crippen LogP contribution in [0.15, 0.2) is 96.7 Å². The first-order chi connectivity index (χ1) is 21.0. The van der Waals surface area contributed by atoms with E-state index in [1.807, 2.05) is 53.6 Å². The van der Waals surface area contributed by atoms with Crippen molar-refractivity contribution in [3.8, 4) is 0 Å². The van der Waals surface area contributed by atoms with Crippen LogP contribution in [0, 0.1) is 0 Å². The first kappa shape index (κ1) is 27.3. The van der Waals surface area contributed by atoms with Crippen LogP contribution in [-0.4, -0.2) is 51.6 Å². The Morgan fingerprint density at radius 2 is 1.44 bits per heavy atom. The topological polar surface area (TPSA) is 70.6 Å². The Hall–Kier alpha value is -4.55. The normalized spacial score (nSPS) is 16.9. The Balaban J connectivity index is 1.21. The predicted molar refractivity (Wildman–Crippen MR) is 166 cm³/mol. The summed E-state index contributed by atoms with van der Waals surface area (Å²) in [6.07, 6.45) is 5.24. The Morgan fingerprint density at radius 1 is 0.767 bits per heavy atom. The van der Waals surface area contributed by atoms with Gasteiger partial charge in [0, 0.05) is 36.3 Å². The van der Waals surface area contributed by atoms with E-state index in [1.54, 1.807) is 24.3 Å². The van der Waals surface area contributed by atoms with Crippen molar-refractivity contribution in [2.75, 3.05) is 13.1 Å². The fourth-order valence-electron chi connectivity index (χ4n) is 6.71. The van der Waals surface area contributed by atoms with Crippen LogP contribution in [0.25, 0.3) is 5.57 Å². The lowest BCUT2D eigenvalue weighted by atomic mass is 9.88. The number of likely N-dealkylation sites (tertiary alicyclic amines) is 1. The van der Waals surface area contributed by atoms with Crippen LogP contribution >= 0.6 is 11.6 Å². The molecule has 2 aliphatic heterocycles. The molecule has 3 amide bonds. The summed E-state index contributed by atoms with van der Waals surface area (Å²) in [6, 6.07) is 25.7. The summed E-state index contributed by atoms with van der Waals surface area (Å²) in [5.74, 6) is -1.02. The number of fused-ring (bicyclic) bond motifs is 3. The molecule has 1 atom stereocenters. The van der Waals surface area contributed by atoms with Gasteiger partial charge < -0.3 is 4.90 Å². The summed E-state index contributed by atoms with van der Waals surface area (Å²) in [4.78, 5) is 49.0. The maximum Gasteiger partial charge on any atom is 0.262 e. The lowest BCUT2D eigenvalue weighted by Gasteiger charge is -2.35. The van der Waals surface area contributed by atoms with E-state index in [-0.39, 0.29) is 12.3 Å². The number of carbonyl (C=O) groups excluding carboxylic acids is 3. The van der Waals surface area contributed by atoms with Gasteiger partial charge in [-0.2, -0.15) is 0 Å². The zero-order chi connectivity index (χ0) is 29.5. The van der Waals surface area contributed by atoms with Crippen LogP contribution in [0.3, 0.4) is 0 Å². The molecule has 1 fully saturated rings. The number of benzene rings is 3. The predicted octanol–water partition coefficient (Wildman–Crippen LogP) is 6.17. The average Bonchev–Trinajstić information content (AvgIpc) is 3.18. The first-order valence-electron chi connectivity index (χ1n) is 14.7. The van der Waals surface area contributed by atoms with E-state index in [1.165, 1.54) is 21.6 Å². The van der Waals surface area contributed by atoms with E-state index in [2.05, 4.69) is 18.2 Å². The van der Waals surface area contributed by atoms with Crippen molar-refractivity contribution < 1.29 is 14.4 Å². The van der Waals surface area contributed by atoms with E-state index in [4.69, 9.17) is 16.6 Å². The maximum absolute atomic E-state index is 14.2. The minimum atomic E-state index is -0.924. The molecule has 7 heteroatoms. The highest BCUT2D eigenvalue weighted by Crippen LogP contribution is 2.39. The van der Waals surface area contributed by atoms with Gasteiger partial charge in [0.1, 0.15) is 6.04 Å². The number of pyridine rings is 1. The monoisotopic (exact) mass is 587 g/mol. The van der Waals surface area contributed by atoms with Gasteiger partial charge in [0.05, 0.1) is 16.8 Å². The quantitative estimate of drug-likeness (QED) is 0.268. The van der Waals surface area contributed by atoms with Gasteiger partial charge in [0.15, 0.2) is 0 Å². The summed E-state index contributed by atoms with van der Waals surface area (Å²) in [5.41, 5.74) is 8.58. The van der Waals surface area contributed by atoms with Crippen LogP contribution < -0.4 is 0 Å². The zero-order valence-corrected chi connectivity index (χ0v) is 24.4. The second-order valence-corrected chi connectivity index (χ2v) is 11.8. The molecule has 43 heavy (non-hydrogen) atoms. The fraction of sp³-hybridized carbons (Fsp3) is 0.222. The second-order valence-electron chi connectivity index (χ2n) is 11.3. The lowest BCUT2D eigenvalue weighted by Crippen LogP contribution is -2.53. The van der Waals surface area contributed by atoms with Crippen molar-refractivity contribution >= 4 is 34.9 Å². The van der Waals surface area contributed by atoms with Crippen molar-refractivity contribution in [3.05, 3.63) is 141 Å². The molecule has 0 bridgehead atoms. The Labute approximate surface area is 255 Å². The molecular formula is C36H30ClN3O3. The van der Waals surface area contributed by atoms with Gasteiger partial charge in [-0.05, 0) is 78.3 Å². The number of halogens is 1. The second kappa shape index (κ2) is 11.3. The maximum atomic E-state index is 14.2. The molecule has 0 saturated carbocycles. The number of hydrogen-bond donors (Lipinski definition) is 0. The number of nitrogens with zero attached hydrogens (tertiary/aromatic N) is 3. The Morgan fingerprint density at radius 3 is 2.16 bits per heavy atom. The van der Waals surface area contributed by atoms with Crippen molar-refractivity contribution in [1.82, 2.24) is 14.8 Å². The SMILES string of the molecule is O=C([C@@H](Cc1ccccc1)N1C(=O)c2ccccc2C1=O)N1CCC(=C2c3ccc(Cl)cc3CCc3cccnc32)CC1. The van der Waals surface area contributed by atoms with Gasteiger partial charge in [-0.1, -0.05) is 71.8 Å². The minimum Gasteiger partial charge on any atom is -0.340 e. The highest BCUT2D eigenvalue weighted by Gasteiger charge is 2.44. The summed E-state index contributed by atoms with van der Waals surface area (Å²) < 4.78 is 0. The van der Waals surface area contributed by atoms with E-state index < -0.39 is 17.9 Å². The van der Waals surface area contributed by atoms with Crippen LogP contribution in [0.1, 0.15) is 61.5 Å². The molecule has 1 aromatic heterocycles. The zero-order valence-electron chi connectivity index (χ0n) is 23.6. The van der Waals surface area contributed by atoms with Crippen molar-refractivity contribution in [3.63, 3.8) is 0 Å². The highest BCUT2D eigenvalue weighted by atomic mass is 35.5. The van der Waals surface area contributed by atoms with Crippen LogP contribution in [0.5, 0.6) is 0 Å². The molecule has 7 rings (SSSR count). The number of rotatable bonds is 4. The van der Waals surface area contributed by atoms with Crippen molar-refractivity contribution in [2.24, 2.45) is 0 Å². The summed E-state index contributed by atoms with van der Waals surface area (Å²) in [6.45, 7) is 0.994. The molecule has 0 N–H and O–H groups in total. The number of aromatic nitrogens is 1. The molecule has 6 nitrogen and oxygen atoms in total. The average molecular weight is 588 g/mol. The molecule has 0 radical (unpaired) electrons. The van der Waals surface area contributed by atoms with Gasteiger partial charge in [0.2, 0.25) is 5.91 Å². The van der Waals surface area contributed by atoms with Crippen LogP contribution in [0.2, 0.25) is 5.02 Å². The van der Waals surface area contributed by atoms with Crippen molar-refractivity contribution in [2.45, 2.75) is 38.1 Å². The molecule has 1 aliphatic carbocycles. The van der Waals surface area contributed by atoms with Gasteiger partial charge in [-0.25, -0.2) is 0 Å². The fourth-order valence-corrected chi connectivity index (χ4v) is 6.90. The molecule has 3 heterocycles. The standard InChI is InChI=1S/C36H30ClN3O3/c37-27-14-15-28-26(22-27)13-12-25-9-6-18-38-33(25)32(28)24-16-19-39(20-17-24)36(43)31(21-23-7-2-1-3-8-23)40-34(41)29-10-4-5-11-30(29)35(40)42/h1-11,14-15,18,22,31H,12-13,16-17,19-21H2/t31-/m1/s1. The van der Waals surface area contributed by atoms with E-state index in [0.717, 1.165) is 40.3 Å². The molecule has 0 unspecified atom stereocenters. The van der Waals surface area contributed by atoms with Gasteiger partial charge >= 0.3 is 0 Å². The van der Waals surface area contributed by atoms with E-state index in [0.29, 0.717) is 37.1 Å². The third kappa shape index (κ3) is 4.96. The largest absolute Gasteiger partial charge is 0.340 e. The van der Waals surface area contributed by atoms with Crippen LogP contribution in [-0.2, 0) is 24.1 Å². The molecule has 1 saturated heterocycles. The highest BCUT2D eigenvalue weighted by molar-refractivity contribution is 6.30. The summed E-state index contributed by atoms with van der Waals surface area (Å²) in [5, 5.41) is 0.722. The molecule has 0 spiro atoms. The van der Waals surface area contributed by atoms with Gasteiger partial charge in [-0.15, -0.1) is 0 Å². The van der Waals surface area contributed by atoms with Crippen LogP contribution in [0.4, 0.5) is 0 Å². The third-order valence-electron chi connectivity index (χ3n) is 8.85. The number of imide groups is 1. The number of aryl methyl sites for hydroxylation is 2. The molecule has 3 aromatic carbocycles. The lowest BCUT2D eigenvalue weighted by molar-refractivity contribution is -0.135. The first-order valence-corrected chi connectivity index (χ1v) is 15.1. The number of hydrogen-bond acceptors (Lipinski definition) is 4. The molecule has 4 aromatic rings. The van der Waals surface area contributed by atoms with Crippen molar-refractivity contribution in [1.29, 1.82) is 0 Å². The number of amides is 3. The Bertz CT molecular complexity index is 1750. The van der Waals surface area contributed by atoms with E-state index in [9.17, 15) is 14.4 Å². The Kier molecular flexibility index (Phi) is 7.15. The van der Waals surface area contributed by atoms with E-state index >= 15 is 0 Å². The molecule has 3 aliphatic rings. The number of piperidine rings is 1. The van der Waals surface area contributed by atoms with Gasteiger partial charge in [-0.3, -0.25) is 24.3 Å². The van der Waals surface area contributed by atoms with Gasteiger partial charge in [0.25, 0.3) is 11.8 Å².